The summed E-state index contributed by atoms with van der Waals surface area (Å²) in [5.41, 5.74) is 4.15. The fraction of sp³-hybridized carbons (Fsp3) is 0.250. The zero-order valence-electron chi connectivity index (χ0n) is 19.8. The monoisotopic (exact) mass is 490 g/mol. The van der Waals surface area contributed by atoms with E-state index in [0.29, 0.717) is 24.1 Å². The van der Waals surface area contributed by atoms with Gasteiger partial charge in [-0.1, -0.05) is 66.7 Å². The van der Waals surface area contributed by atoms with Crippen molar-refractivity contribution in [2.24, 2.45) is 0 Å². The Morgan fingerprint density at radius 1 is 0.750 bits per heavy atom. The van der Waals surface area contributed by atoms with Gasteiger partial charge in [0.15, 0.2) is 0 Å². The second kappa shape index (κ2) is 13.2. The van der Waals surface area contributed by atoms with Gasteiger partial charge in [-0.25, -0.2) is 0 Å². The molecule has 3 rings (SSSR count). The molecule has 1 unspecified atom stereocenters. The molecule has 8 heteroatoms. The first-order valence-corrected chi connectivity index (χ1v) is 11.7. The number of carboxylic acid groups (broad SMARTS) is 2. The normalized spacial score (nSPS) is 12.5. The molecule has 0 spiro atoms. The molecule has 0 aliphatic heterocycles. The summed E-state index contributed by atoms with van der Waals surface area (Å²) in [5, 5.41) is 34.1. The number of carbonyl (C=O) groups is 3. The zero-order chi connectivity index (χ0) is 25.9. The largest absolute Gasteiger partial charge is 0.481 e. The maximum absolute atomic E-state index is 12.8. The number of aryl methyl sites for hydroxylation is 1. The maximum Gasteiger partial charge on any atom is 0.307 e. The summed E-state index contributed by atoms with van der Waals surface area (Å²) in [7, 11) is 0. The van der Waals surface area contributed by atoms with E-state index < -0.39 is 30.1 Å². The number of carbonyl (C=O) groups excluding carboxylic acids is 1. The van der Waals surface area contributed by atoms with Crippen LogP contribution in [-0.4, -0.2) is 45.4 Å². The van der Waals surface area contributed by atoms with Crippen LogP contribution in [0.2, 0.25) is 0 Å². The molecule has 0 heterocycles. The van der Waals surface area contributed by atoms with Gasteiger partial charge in [-0.05, 0) is 53.6 Å². The Labute approximate surface area is 209 Å². The Morgan fingerprint density at radius 2 is 1.44 bits per heavy atom. The van der Waals surface area contributed by atoms with Crippen molar-refractivity contribution in [3.8, 4) is 11.1 Å². The van der Waals surface area contributed by atoms with E-state index in [4.69, 9.17) is 10.2 Å². The summed E-state index contributed by atoms with van der Waals surface area (Å²) in [6.07, 6.45) is -0.586. The lowest BCUT2D eigenvalue weighted by molar-refractivity contribution is -0.138. The number of benzene rings is 3. The molecule has 0 bridgehead atoms. The van der Waals surface area contributed by atoms with E-state index in [-0.39, 0.29) is 19.3 Å². The minimum atomic E-state index is -1.05. The van der Waals surface area contributed by atoms with Gasteiger partial charge in [0.2, 0.25) is 5.91 Å². The van der Waals surface area contributed by atoms with Crippen LogP contribution < -0.4 is 10.6 Å². The van der Waals surface area contributed by atoms with Gasteiger partial charge >= 0.3 is 11.9 Å². The molecule has 0 aromatic heterocycles. The first-order chi connectivity index (χ1) is 17.3. The number of anilines is 1. The lowest BCUT2D eigenvalue weighted by atomic mass is 10.0. The predicted molar refractivity (Wildman–Crippen MR) is 136 cm³/mol. The van der Waals surface area contributed by atoms with Crippen molar-refractivity contribution in [2.45, 2.75) is 44.4 Å². The average Bonchev–Trinajstić information content (AvgIpc) is 2.86. The van der Waals surface area contributed by atoms with E-state index in [2.05, 4.69) is 10.6 Å². The van der Waals surface area contributed by atoms with E-state index in [1.54, 1.807) is 24.3 Å². The van der Waals surface area contributed by atoms with Gasteiger partial charge in [-0.2, -0.15) is 0 Å². The Morgan fingerprint density at radius 3 is 2.11 bits per heavy atom. The van der Waals surface area contributed by atoms with Crippen molar-refractivity contribution >= 4 is 23.5 Å². The molecule has 0 saturated heterocycles. The number of rotatable bonds is 13. The fourth-order valence-electron chi connectivity index (χ4n) is 3.83. The number of aliphatic hydroxyl groups excluding tert-OH is 1. The third-order valence-corrected chi connectivity index (χ3v) is 5.67. The minimum absolute atomic E-state index is 0.0151. The van der Waals surface area contributed by atoms with E-state index in [1.165, 1.54) is 0 Å². The third kappa shape index (κ3) is 8.65. The molecule has 3 aromatic rings. The molecular weight excluding hydrogens is 460 g/mol. The van der Waals surface area contributed by atoms with E-state index in [0.717, 1.165) is 16.7 Å². The smallest absolute Gasteiger partial charge is 0.307 e. The summed E-state index contributed by atoms with van der Waals surface area (Å²) < 4.78 is 0. The molecule has 5 N–H and O–H groups in total. The van der Waals surface area contributed by atoms with Crippen LogP contribution in [0.15, 0.2) is 78.9 Å². The molecular formula is C28H30N2O6. The Bertz CT molecular complexity index is 1160. The van der Waals surface area contributed by atoms with Crippen LogP contribution in [0.5, 0.6) is 0 Å². The molecule has 36 heavy (non-hydrogen) atoms. The van der Waals surface area contributed by atoms with Crippen molar-refractivity contribution in [2.75, 3.05) is 5.32 Å². The zero-order valence-corrected chi connectivity index (χ0v) is 19.8. The number of aliphatic carboxylic acids is 2. The van der Waals surface area contributed by atoms with Crippen LogP contribution in [0, 0.1) is 0 Å². The summed E-state index contributed by atoms with van der Waals surface area (Å²) in [4.78, 5) is 34.9. The van der Waals surface area contributed by atoms with Crippen LogP contribution in [0.4, 0.5) is 5.69 Å². The van der Waals surface area contributed by atoms with Gasteiger partial charge in [0.05, 0.1) is 12.5 Å². The van der Waals surface area contributed by atoms with Crippen LogP contribution in [0.3, 0.4) is 0 Å². The number of carboxylic acids is 2. The molecule has 2 atom stereocenters. The Hall–Kier alpha value is -4.01. The standard InChI is InChI=1S/C28H30N2O6/c31-25(15-11-19-9-12-22(13-10-19)21-6-2-1-3-7-21)30-24(14-16-26(32)33)28(36)29-23-8-4-5-20(17-23)18-27(34)35/h1-10,12-13,17,24-25,30-31H,11,14-16,18H2,(H,29,36)(H,32,33)(H,34,35)/t24-,25?/m0/s1. The first-order valence-electron chi connectivity index (χ1n) is 11.7. The first kappa shape index (κ1) is 26.6. The number of hydrogen-bond acceptors (Lipinski definition) is 5. The highest BCUT2D eigenvalue weighted by Gasteiger charge is 2.22. The Kier molecular flexibility index (Phi) is 9.73. The molecule has 3 aromatic carbocycles. The highest BCUT2D eigenvalue weighted by molar-refractivity contribution is 5.95. The lowest BCUT2D eigenvalue weighted by Gasteiger charge is -2.22. The van der Waals surface area contributed by atoms with Crippen molar-refractivity contribution in [3.05, 3.63) is 90.0 Å². The molecule has 1 amide bonds. The molecule has 0 radical (unpaired) electrons. The number of amides is 1. The summed E-state index contributed by atoms with van der Waals surface area (Å²) >= 11 is 0. The summed E-state index contributed by atoms with van der Waals surface area (Å²) in [5.74, 6) is -2.54. The topological polar surface area (TPSA) is 136 Å². The van der Waals surface area contributed by atoms with Gasteiger partial charge in [0, 0.05) is 12.1 Å². The Balaban J connectivity index is 1.58. The fourth-order valence-corrected chi connectivity index (χ4v) is 3.83. The van der Waals surface area contributed by atoms with E-state index in [1.807, 2.05) is 54.6 Å². The number of aliphatic hydroxyl groups is 1. The van der Waals surface area contributed by atoms with Crippen LogP contribution in [0.25, 0.3) is 11.1 Å². The highest BCUT2D eigenvalue weighted by atomic mass is 16.4. The molecule has 0 saturated carbocycles. The van der Waals surface area contributed by atoms with Gasteiger partial charge in [-0.3, -0.25) is 19.7 Å². The SMILES string of the molecule is O=C(O)CC[C@H](NC(O)CCc1ccc(-c2ccccc2)cc1)C(=O)Nc1cccc(CC(=O)O)c1. The van der Waals surface area contributed by atoms with Crippen molar-refractivity contribution in [1.29, 1.82) is 0 Å². The van der Waals surface area contributed by atoms with E-state index >= 15 is 0 Å². The van der Waals surface area contributed by atoms with Gasteiger partial charge in [0.25, 0.3) is 0 Å². The van der Waals surface area contributed by atoms with Gasteiger partial charge in [0.1, 0.15) is 6.23 Å². The molecule has 0 aliphatic carbocycles. The molecule has 0 aliphatic rings. The molecule has 0 fully saturated rings. The summed E-state index contributed by atoms with van der Waals surface area (Å²) in [6.45, 7) is 0. The van der Waals surface area contributed by atoms with E-state index in [9.17, 15) is 19.5 Å². The second-order valence-corrected chi connectivity index (χ2v) is 8.53. The molecule has 188 valence electrons. The predicted octanol–water partition coefficient (Wildman–Crippen LogP) is 3.69. The van der Waals surface area contributed by atoms with Crippen LogP contribution in [-0.2, 0) is 27.2 Å². The van der Waals surface area contributed by atoms with Crippen LogP contribution >= 0.6 is 0 Å². The van der Waals surface area contributed by atoms with Crippen LogP contribution in [0.1, 0.15) is 30.4 Å². The van der Waals surface area contributed by atoms with Crippen molar-refractivity contribution in [3.63, 3.8) is 0 Å². The third-order valence-electron chi connectivity index (χ3n) is 5.67. The lowest BCUT2D eigenvalue weighted by Crippen LogP contribution is -2.46. The van der Waals surface area contributed by atoms with Crippen molar-refractivity contribution < 1.29 is 29.7 Å². The quantitative estimate of drug-likeness (QED) is 0.231. The minimum Gasteiger partial charge on any atom is -0.481 e. The van der Waals surface area contributed by atoms with Gasteiger partial charge in [-0.15, -0.1) is 0 Å². The number of hydrogen-bond donors (Lipinski definition) is 5. The van der Waals surface area contributed by atoms with Crippen molar-refractivity contribution in [1.82, 2.24) is 5.32 Å². The molecule has 8 nitrogen and oxygen atoms in total. The van der Waals surface area contributed by atoms with Gasteiger partial charge < -0.3 is 20.6 Å². The average molecular weight is 491 g/mol. The maximum atomic E-state index is 12.8. The summed E-state index contributed by atoms with van der Waals surface area (Å²) in [6, 6.07) is 23.5. The highest BCUT2D eigenvalue weighted by Crippen LogP contribution is 2.20. The number of nitrogens with one attached hydrogen (secondary N) is 2. The second-order valence-electron chi connectivity index (χ2n) is 8.53.